The fraction of sp³-hybridized carbons (Fsp3) is 0.312. The standard InChI is InChI=1S/C16H16N4O3/c21-15-9-23-14-8-19(16(22)12-6-17-10-18-12)7-13(14)20(15)11-4-2-1-3-5-11/h1-6,10,13-14H,7-9H2,(H,17,18)/t13-,14-/m0/s1. The number of hydrogen-bond acceptors (Lipinski definition) is 4. The Hall–Kier alpha value is -2.67. The zero-order valence-corrected chi connectivity index (χ0v) is 12.4. The molecule has 0 bridgehead atoms. The van der Waals surface area contributed by atoms with Gasteiger partial charge in [0.25, 0.3) is 11.8 Å². The van der Waals surface area contributed by atoms with E-state index in [1.54, 1.807) is 9.80 Å². The smallest absolute Gasteiger partial charge is 0.272 e. The Morgan fingerprint density at radius 2 is 2.09 bits per heavy atom. The van der Waals surface area contributed by atoms with Crippen LogP contribution in [0.25, 0.3) is 0 Å². The van der Waals surface area contributed by atoms with Crippen LogP contribution >= 0.6 is 0 Å². The van der Waals surface area contributed by atoms with Crippen molar-refractivity contribution in [2.75, 3.05) is 24.6 Å². The van der Waals surface area contributed by atoms with Crippen LogP contribution in [0.15, 0.2) is 42.9 Å². The maximum Gasteiger partial charge on any atom is 0.272 e. The van der Waals surface area contributed by atoms with Crippen molar-refractivity contribution in [3.05, 3.63) is 48.5 Å². The molecule has 2 fully saturated rings. The number of nitrogens with one attached hydrogen (secondary N) is 1. The van der Waals surface area contributed by atoms with Crippen molar-refractivity contribution < 1.29 is 14.3 Å². The minimum absolute atomic E-state index is 0.0438. The highest BCUT2D eigenvalue weighted by molar-refractivity contribution is 5.97. The van der Waals surface area contributed by atoms with Crippen LogP contribution in [0.4, 0.5) is 5.69 Å². The molecular formula is C16H16N4O3. The predicted octanol–water partition coefficient (Wildman–Crippen LogP) is 0.666. The first-order valence-corrected chi connectivity index (χ1v) is 7.50. The Morgan fingerprint density at radius 1 is 1.26 bits per heavy atom. The molecule has 7 nitrogen and oxygen atoms in total. The third kappa shape index (κ3) is 2.39. The van der Waals surface area contributed by atoms with Crippen molar-refractivity contribution >= 4 is 17.5 Å². The summed E-state index contributed by atoms with van der Waals surface area (Å²) in [6, 6.07) is 9.35. The molecule has 1 aromatic heterocycles. The molecular weight excluding hydrogens is 296 g/mol. The normalized spacial score (nSPS) is 23.9. The lowest BCUT2D eigenvalue weighted by atomic mass is 10.1. The van der Waals surface area contributed by atoms with Gasteiger partial charge >= 0.3 is 0 Å². The van der Waals surface area contributed by atoms with E-state index >= 15 is 0 Å². The number of aromatic nitrogens is 2. The number of morpholine rings is 1. The topological polar surface area (TPSA) is 78.5 Å². The van der Waals surface area contributed by atoms with Gasteiger partial charge in [-0.3, -0.25) is 9.59 Å². The monoisotopic (exact) mass is 312 g/mol. The molecule has 0 aliphatic carbocycles. The van der Waals surface area contributed by atoms with Gasteiger partial charge in [0.1, 0.15) is 12.3 Å². The summed E-state index contributed by atoms with van der Waals surface area (Å²) < 4.78 is 5.65. The van der Waals surface area contributed by atoms with Gasteiger partial charge < -0.3 is 19.5 Å². The van der Waals surface area contributed by atoms with E-state index in [1.165, 1.54) is 12.5 Å². The highest BCUT2D eigenvalue weighted by Gasteiger charge is 2.45. The summed E-state index contributed by atoms with van der Waals surface area (Å²) in [6.45, 7) is 0.963. The Bertz CT molecular complexity index is 716. The van der Waals surface area contributed by atoms with Gasteiger partial charge in [0, 0.05) is 18.8 Å². The summed E-state index contributed by atoms with van der Waals surface area (Å²) >= 11 is 0. The first kappa shape index (κ1) is 14.0. The molecule has 0 radical (unpaired) electrons. The van der Waals surface area contributed by atoms with Gasteiger partial charge in [-0.05, 0) is 12.1 Å². The van der Waals surface area contributed by atoms with E-state index in [4.69, 9.17) is 4.74 Å². The van der Waals surface area contributed by atoms with Gasteiger partial charge in [-0.2, -0.15) is 0 Å². The van der Waals surface area contributed by atoms with Crippen molar-refractivity contribution in [3.8, 4) is 0 Å². The number of carbonyl (C=O) groups excluding carboxylic acids is 2. The average molecular weight is 312 g/mol. The van der Waals surface area contributed by atoms with Gasteiger partial charge in [0.2, 0.25) is 0 Å². The molecule has 0 spiro atoms. The van der Waals surface area contributed by atoms with E-state index in [1.807, 2.05) is 30.3 Å². The quantitative estimate of drug-likeness (QED) is 0.884. The molecule has 0 unspecified atom stereocenters. The van der Waals surface area contributed by atoms with Gasteiger partial charge in [0.15, 0.2) is 0 Å². The third-order valence-electron chi connectivity index (χ3n) is 4.31. The van der Waals surface area contributed by atoms with Crippen LogP contribution in [0.3, 0.4) is 0 Å². The van der Waals surface area contributed by atoms with E-state index < -0.39 is 0 Å². The maximum atomic E-state index is 12.5. The van der Waals surface area contributed by atoms with Crippen LogP contribution in [0.1, 0.15) is 10.5 Å². The number of carbonyl (C=O) groups is 2. The summed E-state index contributed by atoms with van der Waals surface area (Å²) in [4.78, 5) is 35.0. The van der Waals surface area contributed by atoms with E-state index in [0.717, 1.165) is 5.69 Å². The number of para-hydroxylation sites is 1. The number of aromatic amines is 1. The predicted molar refractivity (Wildman–Crippen MR) is 81.9 cm³/mol. The van der Waals surface area contributed by atoms with E-state index in [0.29, 0.717) is 18.8 Å². The van der Waals surface area contributed by atoms with Crippen LogP contribution in [-0.4, -0.2) is 58.5 Å². The number of H-pyrrole nitrogens is 1. The van der Waals surface area contributed by atoms with Crippen LogP contribution < -0.4 is 4.90 Å². The fourth-order valence-electron chi connectivity index (χ4n) is 3.23. The first-order chi connectivity index (χ1) is 11.2. The molecule has 7 heteroatoms. The SMILES string of the molecule is O=C(c1cnc[nH]1)N1C[C@@H]2OCC(=O)N(c3ccccc3)[C@H]2C1. The number of nitrogens with zero attached hydrogens (tertiary/aromatic N) is 3. The molecule has 1 aromatic carbocycles. The second kappa shape index (κ2) is 5.51. The Balaban J connectivity index is 1.59. The van der Waals surface area contributed by atoms with Crippen molar-refractivity contribution in [2.24, 2.45) is 0 Å². The first-order valence-electron chi connectivity index (χ1n) is 7.50. The lowest BCUT2D eigenvalue weighted by molar-refractivity contribution is -0.130. The number of ether oxygens (including phenoxy) is 1. The summed E-state index contributed by atoms with van der Waals surface area (Å²) in [5.41, 5.74) is 1.29. The van der Waals surface area contributed by atoms with Crippen molar-refractivity contribution in [3.63, 3.8) is 0 Å². The molecule has 2 aliphatic rings. The molecule has 23 heavy (non-hydrogen) atoms. The number of likely N-dealkylation sites (tertiary alicyclic amines) is 1. The average Bonchev–Trinajstić information content (AvgIpc) is 3.24. The van der Waals surface area contributed by atoms with Crippen LogP contribution in [0, 0.1) is 0 Å². The number of benzene rings is 1. The fourth-order valence-corrected chi connectivity index (χ4v) is 3.23. The molecule has 0 saturated carbocycles. The molecule has 2 saturated heterocycles. The highest BCUT2D eigenvalue weighted by atomic mass is 16.5. The summed E-state index contributed by atoms with van der Waals surface area (Å²) in [7, 11) is 0. The van der Waals surface area contributed by atoms with Gasteiger partial charge in [-0.25, -0.2) is 4.98 Å². The van der Waals surface area contributed by atoms with Crippen molar-refractivity contribution in [1.82, 2.24) is 14.9 Å². The largest absolute Gasteiger partial charge is 0.364 e. The molecule has 4 rings (SSSR count). The van der Waals surface area contributed by atoms with E-state index in [-0.39, 0.29) is 30.6 Å². The molecule has 1 N–H and O–H groups in total. The minimum Gasteiger partial charge on any atom is -0.364 e. The highest BCUT2D eigenvalue weighted by Crippen LogP contribution is 2.29. The number of amides is 2. The van der Waals surface area contributed by atoms with Gasteiger partial charge in [0.05, 0.1) is 24.7 Å². The molecule has 118 valence electrons. The number of imidazole rings is 1. The van der Waals surface area contributed by atoms with E-state index in [9.17, 15) is 9.59 Å². The minimum atomic E-state index is -0.167. The van der Waals surface area contributed by atoms with Gasteiger partial charge in [-0.15, -0.1) is 0 Å². The van der Waals surface area contributed by atoms with Crippen LogP contribution in [0.5, 0.6) is 0 Å². The molecule has 2 aliphatic heterocycles. The zero-order valence-electron chi connectivity index (χ0n) is 12.4. The Morgan fingerprint density at radius 3 is 2.83 bits per heavy atom. The van der Waals surface area contributed by atoms with Crippen LogP contribution in [0.2, 0.25) is 0 Å². The van der Waals surface area contributed by atoms with E-state index in [2.05, 4.69) is 9.97 Å². The molecule has 2 amide bonds. The number of rotatable bonds is 2. The van der Waals surface area contributed by atoms with Gasteiger partial charge in [-0.1, -0.05) is 18.2 Å². The summed E-state index contributed by atoms with van der Waals surface area (Å²) in [5, 5.41) is 0. The lowest BCUT2D eigenvalue weighted by Gasteiger charge is -2.36. The summed E-state index contributed by atoms with van der Waals surface area (Å²) in [6.07, 6.45) is 2.82. The second-order valence-corrected chi connectivity index (χ2v) is 5.69. The maximum absolute atomic E-state index is 12.5. The second-order valence-electron chi connectivity index (χ2n) is 5.69. The number of anilines is 1. The molecule has 3 heterocycles. The zero-order chi connectivity index (χ0) is 15.8. The molecule has 2 aromatic rings. The summed E-state index contributed by atoms with van der Waals surface area (Å²) in [5.74, 6) is -0.200. The van der Waals surface area contributed by atoms with Crippen LogP contribution in [-0.2, 0) is 9.53 Å². The molecule has 2 atom stereocenters. The number of hydrogen-bond donors (Lipinski definition) is 1. The van der Waals surface area contributed by atoms with Crippen molar-refractivity contribution in [1.29, 1.82) is 0 Å². The Labute approximate surface area is 132 Å². The lowest BCUT2D eigenvalue weighted by Crippen LogP contribution is -2.54. The Kier molecular flexibility index (Phi) is 3.34. The third-order valence-corrected chi connectivity index (χ3v) is 4.31. The number of fused-ring (bicyclic) bond motifs is 1. The van der Waals surface area contributed by atoms with Crippen molar-refractivity contribution in [2.45, 2.75) is 12.1 Å².